The topological polar surface area (TPSA) is 88.2 Å². The van der Waals surface area contributed by atoms with Crippen LogP contribution >= 0.6 is 0 Å². The average Bonchev–Trinajstić information content (AvgIpc) is 3.30. The molecule has 0 saturated carbocycles. The molecule has 2 heterocycles. The van der Waals surface area contributed by atoms with Crippen LogP contribution in [0.5, 0.6) is 11.5 Å². The molecule has 32 heavy (non-hydrogen) atoms. The van der Waals surface area contributed by atoms with Gasteiger partial charge >= 0.3 is 6.03 Å². The molecule has 2 aliphatic heterocycles. The summed E-state index contributed by atoms with van der Waals surface area (Å²) in [5.41, 5.74) is 2.51. The minimum atomic E-state index is -0.781. The lowest BCUT2D eigenvalue weighted by molar-refractivity contribution is -0.122. The fourth-order valence-corrected chi connectivity index (χ4v) is 4.04. The van der Waals surface area contributed by atoms with E-state index >= 15 is 0 Å². The van der Waals surface area contributed by atoms with Gasteiger partial charge in [0.05, 0.1) is 25.6 Å². The van der Waals surface area contributed by atoms with E-state index in [0.717, 1.165) is 42.1 Å². The van der Waals surface area contributed by atoms with E-state index in [1.807, 2.05) is 19.1 Å². The smallest absolute Gasteiger partial charge is 0.335 e. The van der Waals surface area contributed by atoms with Crippen molar-refractivity contribution in [1.29, 1.82) is 0 Å². The maximum absolute atomic E-state index is 13.2. The maximum Gasteiger partial charge on any atom is 0.335 e. The molecule has 0 unspecified atom stereocenters. The molecule has 166 valence electrons. The number of urea groups is 1. The number of hydrogen-bond donors (Lipinski definition) is 1. The van der Waals surface area contributed by atoms with Crippen molar-refractivity contribution >= 4 is 35.3 Å². The Bertz CT molecular complexity index is 1120. The minimum Gasteiger partial charge on any atom is -0.496 e. The monoisotopic (exact) mass is 435 g/mol. The first kappa shape index (κ1) is 21.4. The average molecular weight is 435 g/mol. The quantitative estimate of drug-likeness (QED) is 0.573. The van der Waals surface area contributed by atoms with Crippen LogP contribution in [0.15, 0.2) is 42.0 Å². The summed E-state index contributed by atoms with van der Waals surface area (Å²) in [5, 5.41) is 2.25. The van der Waals surface area contributed by atoms with Gasteiger partial charge in [0.1, 0.15) is 17.1 Å². The van der Waals surface area contributed by atoms with Gasteiger partial charge in [-0.2, -0.15) is 0 Å². The van der Waals surface area contributed by atoms with Gasteiger partial charge in [-0.1, -0.05) is 12.1 Å². The molecule has 8 nitrogen and oxygen atoms in total. The zero-order valence-electron chi connectivity index (χ0n) is 18.3. The molecule has 2 aromatic rings. The van der Waals surface area contributed by atoms with Crippen molar-refractivity contribution in [2.45, 2.75) is 19.8 Å². The highest BCUT2D eigenvalue weighted by molar-refractivity contribution is 6.39. The van der Waals surface area contributed by atoms with Gasteiger partial charge < -0.3 is 14.4 Å². The lowest BCUT2D eigenvalue weighted by Crippen LogP contribution is -2.54. The summed E-state index contributed by atoms with van der Waals surface area (Å²) >= 11 is 0. The van der Waals surface area contributed by atoms with Gasteiger partial charge in [-0.15, -0.1) is 0 Å². The molecule has 0 bridgehead atoms. The number of carbonyl (C=O) groups excluding carboxylic acids is 3. The van der Waals surface area contributed by atoms with Gasteiger partial charge in [0.25, 0.3) is 11.8 Å². The second kappa shape index (κ2) is 8.74. The summed E-state index contributed by atoms with van der Waals surface area (Å²) in [6, 6.07) is 9.77. The van der Waals surface area contributed by atoms with Crippen LogP contribution in [0.4, 0.5) is 16.2 Å². The zero-order valence-corrected chi connectivity index (χ0v) is 18.3. The van der Waals surface area contributed by atoms with Crippen LogP contribution in [-0.2, 0) is 9.59 Å². The maximum atomic E-state index is 13.2. The molecule has 2 aromatic carbocycles. The third-order valence-electron chi connectivity index (χ3n) is 5.64. The van der Waals surface area contributed by atoms with Crippen molar-refractivity contribution in [2.24, 2.45) is 0 Å². The summed E-state index contributed by atoms with van der Waals surface area (Å²) in [6.45, 7) is 3.71. The van der Waals surface area contributed by atoms with E-state index in [1.165, 1.54) is 13.2 Å². The number of nitrogens with one attached hydrogen (secondary N) is 1. The SMILES string of the molecule is COc1cc(N2CCCC2)c(OC)cc1/C=C1\C(=O)NC(=O)N(c2cccc(C)c2)C1=O. The predicted molar refractivity (Wildman–Crippen MR) is 121 cm³/mol. The van der Waals surface area contributed by atoms with E-state index in [4.69, 9.17) is 9.47 Å². The molecule has 2 fully saturated rings. The Balaban J connectivity index is 1.76. The van der Waals surface area contributed by atoms with Crippen LogP contribution in [0, 0.1) is 6.92 Å². The van der Waals surface area contributed by atoms with Crippen molar-refractivity contribution in [3.8, 4) is 11.5 Å². The first-order valence-corrected chi connectivity index (χ1v) is 10.4. The van der Waals surface area contributed by atoms with E-state index in [9.17, 15) is 14.4 Å². The Labute approximate surface area is 186 Å². The molecule has 0 spiro atoms. The minimum absolute atomic E-state index is 0.166. The summed E-state index contributed by atoms with van der Waals surface area (Å²) in [5.74, 6) is -0.336. The number of nitrogens with zero attached hydrogens (tertiary/aromatic N) is 2. The predicted octanol–water partition coefficient (Wildman–Crippen LogP) is 3.28. The second-order valence-corrected chi connectivity index (χ2v) is 7.76. The van der Waals surface area contributed by atoms with E-state index in [1.54, 1.807) is 31.4 Å². The van der Waals surface area contributed by atoms with Crippen molar-refractivity contribution < 1.29 is 23.9 Å². The van der Waals surface area contributed by atoms with Gasteiger partial charge in [-0.25, -0.2) is 9.69 Å². The van der Waals surface area contributed by atoms with Crippen LogP contribution in [0.1, 0.15) is 24.0 Å². The van der Waals surface area contributed by atoms with Crippen LogP contribution in [0.2, 0.25) is 0 Å². The molecule has 4 rings (SSSR count). The van der Waals surface area contributed by atoms with Gasteiger partial charge in [-0.3, -0.25) is 14.9 Å². The molecular weight excluding hydrogens is 410 g/mol. The van der Waals surface area contributed by atoms with Gasteiger partial charge in [0, 0.05) is 24.7 Å². The largest absolute Gasteiger partial charge is 0.496 e. The molecule has 2 saturated heterocycles. The normalized spacial score (nSPS) is 17.7. The lowest BCUT2D eigenvalue weighted by atomic mass is 10.0. The number of imide groups is 2. The molecule has 0 radical (unpaired) electrons. The van der Waals surface area contributed by atoms with E-state index in [0.29, 0.717) is 22.7 Å². The first-order chi connectivity index (χ1) is 15.4. The molecule has 0 atom stereocenters. The number of barbiturate groups is 1. The number of anilines is 2. The Morgan fingerprint density at radius 1 is 0.969 bits per heavy atom. The fraction of sp³-hybridized carbons (Fsp3) is 0.292. The van der Waals surface area contributed by atoms with Gasteiger partial charge in [0.15, 0.2) is 0 Å². The molecule has 8 heteroatoms. The highest BCUT2D eigenvalue weighted by atomic mass is 16.5. The van der Waals surface area contributed by atoms with E-state index < -0.39 is 17.8 Å². The number of rotatable bonds is 5. The Morgan fingerprint density at radius 2 is 1.69 bits per heavy atom. The van der Waals surface area contributed by atoms with E-state index in [2.05, 4.69) is 10.2 Å². The van der Waals surface area contributed by atoms with Crippen molar-refractivity contribution in [3.05, 3.63) is 53.1 Å². The van der Waals surface area contributed by atoms with Crippen LogP contribution in [0.25, 0.3) is 6.08 Å². The Kier molecular flexibility index (Phi) is 5.85. The number of benzene rings is 2. The molecule has 1 N–H and O–H groups in total. The molecular formula is C24H25N3O5. The van der Waals surface area contributed by atoms with E-state index in [-0.39, 0.29) is 5.57 Å². The number of ether oxygens (including phenoxy) is 2. The number of amides is 4. The molecule has 0 aromatic heterocycles. The lowest BCUT2D eigenvalue weighted by Gasteiger charge is -2.27. The molecule has 0 aliphatic carbocycles. The molecule has 4 amide bonds. The Hall–Kier alpha value is -3.81. The summed E-state index contributed by atoms with van der Waals surface area (Å²) < 4.78 is 11.1. The van der Waals surface area contributed by atoms with Crippen LogP contribution in [-0.4, -0.2) is 45.2 Å². The second-order valence-electron chi connectivity index (χ2n) is 7.76. The highest BCUT2D eigenvalue weighted by Crippen LogP contribution is 2.38. The first-order valence-electron chi connectivity index (χ1n) is 10.4. The van der Waals surface area contributed by atoms with Crippen LogP contribution < -0.4 is 24.6 Å². The van der Waals surface area contributed by atoms with Crippen LogP contribution in [0.3, 0.4) is 0 Å². The number of carbonyl (C=O) groups is 3. The summed E-state index contributed by atoms with van der Waals surface area (Å²) in [4.78, 5) is 41.4. The van der Waals surface area contributed by atoms with Gasteiger partial charge in [-0.05, 0) is 49.6 Å². The number of aryl methyl sites for hydroxylation is 1. The zero-order chi connectivity index (χ0) is 22.8. The van der Waals surface area contributed by atoms with Crippen molar-refractivity contribution in [3.63, 3.8) is 0 Å². The van der Waals surface area contributed by atoms with Crippen molar-refractivity contribution in [2.75, 3.05) is 37.1 Å². The highest BCUT2D eigenvalue weighted by Gasteiger charge is 2.37. The standard InChI is InChI=1S/C24H25N3O5/c1-15-7-6-8-17(11-15)27-23(29)18(22(28)25-24(27)30)12-16-13-21(32-3)19(14-20(16)31-2)26-9-4-5-10-26/h6-8,11-14H,4-5,9-10H2,1-3H3,(H,25,28,30)/b18-12+. The number of hydrogen-bond acceptors (Lipinski definition) is 6. The summed E-state index contributed by atoms with van der Waals surface area (Å²) in [6.07, 6.45) is 3.64. The van der Waals surface area contributed by atoms with Crippen molar-refractivity contribution in [1.82, 2.24) is 5.32 Å². The van der Waals surface area contributed by atoms with Gasteiger partial charge in [0.2, 0.25) is 0 Å². The third kappa shape index (κ3) is 3.91. The fourth-order valence-electron chi connectivity index (χ4n) is 4.04. The molecule has 2 aliphatic rings. The third-order valence-corrected chi connectivity index (χ3v) is 5.64. The summed E-state index contributed by atoms with van der Waals surface area (Å²) in [7, 11) is 3.11. The number of methoxy groups -OCH3 is 2. The Morgan fingerprint density at radius 3 is 2.34 bits per heavy atom.